The smallest absolute Gasteiger partial charge is 0.416 e. The first kappa shape index (κ1) is 19.1. The lowest BCUT2D eigenvalue weighted by Gasteiger charge is -2.24. The van der Waals surface area contributed by atoms with Crippen LogP contribution in [0.4, 0.5) is 4.79 Å². The topological polar surface area (TPSA) is 59.1 Å². The maximum Gasteiger partial charge on any atom is 0.416 e. The third-order valence-electron chi connectivity index (χ3n) is 3.46. The standard InChI is InChI=1S/C17H26N2O4/c1-4-18(11-12-22-3)13-16(20)19(5-2)17(21)23-14-15-9-7-6-8-10-15/h6-10H,4-5,11-14H2,1-3H3. The van der Waals surface area contributed by atoms with Crippen LogP contribution in [-0.4, -0.2) is 61.7 Å². The molecule has 0 fully saturated rings. The number of nitrogens with zero attached hydrogens (tertiary/aromatic N) is 2. The van der Waals surface area contributed by atoms with Crippen molar-refractivity contribution in [2.75, 3.05) is 39.9 Å². The highest BCUT2D eigenvalue weighted by atomic mass is 16.6. The number of hydrogen-bond acceptors (Lipinski definition) is 5. The molecule has 0 unspecified atom stereocenters. The minimum Gasteiger partial charge on any atom is -0.444 e. The Bertz CT molecular complexity index is 479. The summed E-state index contributed by atoms with van der Waals surface area (Å²) in [5.74, 6) is -0.261. The van der Waals surface area contributed by atoms with E-state index in [1.807, 2.05) is 42.2 Å². The SMILES string of the molecule is CCN(CCOC)CC(=O)N(CC)C(=O)OCc1ccccc1. The molecule has 0 saturated carbocycles. The van der Waals surface area contributed by atoms with Gasteiger partial charge in [-0.25, -0.2) is 9.69 Å². The molecule has 128 valence electrons. The van der Waals surface area contributed by atoms with Crippen molar-refractivity contribution in [1.82, 2.24) is 9.80 Å². The average Bonchev–Trinajstić information content (AvgIpc) is 2.58. The maximum atomic E-state index is 12.3. The van der Waals surface area contributed by atoms with Crippen molar-refractivity contribution in [2.45, 2.75) is 20.5 Å². The lowest BCUT2D eigenvalue weighted by atomic mass is 10.2. The zero-order valence-electron chi connectivity index (χ0n) is 14.2. The van der Waals surface area contributed by atoms with Crippen molar-refractivity contribution in [3.8, 4) is 0 Å². The van der Waals surface area contributed by atoms with Crippen LogP contribution in [0.15, 0.2) is 30.3 Å². The second-order valence-electron chi connectivity index (χ2n) is 5.04. The fraction of sp³-hybridized carbons (Fsp3) is 0.529. The van der Waals surface area contributed by atoms with Gasteiger partial charge in [0.2, 0.25) is 5.91 Å². The van der Waals surface area contributed by atoms with Gasteiger partial charge >= 0.3 is 6.09 Å². The van der Waals surface area contributed by atoms with Crippen molar-refractivity contribution in [2.24, 2.45) is 0 Å². The minimum absolute atomic E-state index is 0.157. The van der Waals surface area contributed by atoms with Crippen LogP contribution in [-0.2, 0) is 20.9 Å². The Balaban J connectivity index is 2.52. The number of ether oxygens (including phenoxy) is 2. The Kier molecular flexibility index (Phi) is 8.94. The van der Waals surface area contributed by atoms with Gasteiger partial charge in [-0.3, -0.25) is 9.69 Å². The molecular weight excluding hydrogens is 296 g/mol. The number of amides is 2. The largest absolute Gasteiger partial charge is 0.444 e. The molecule has 0 heterocycles. The zero-order chi connectivity index (χ0) is 17.1. The first-order chi connectivity index (χ1) is 11.1. The number of imide groups is 1. The highest BCUT2D eigenvalue weighted by Crippen LogP contribution is 2.04. The van der Waals surface area contributed by atoms with Crippen LogP contribution < -0.4 is 0 Å². The van der Waals surface area contributed by atoms with Gasteiger partial charge < -0.3 is 9.47 Å². The lowest BCUT2D eigenvalue weighted by Crippen LogP contribution is -2.44. The normalized spacial score (nSPS) is 10.6. The van der Waals surface area contributed by atoms with E-state index in [4.69, 9.17) is 9.47 Å². The van der Waals surface area contributed by atoms with Crippen LogP contribution in [0.1, 0.15) is 19.4 Å². The van der Waals surface area contributed by atoms with Crippen LogP contribution in [0.2, 0.25) is 0 Å². The molecule has 23 heavy (non-hydrogen) atoms. The molecule has 0 atom stereocenters. The fourth-order valence-electron chi connectivity index (χ4n) is 2.05. The summed E-state index contributed by atoms with van der Waals surface area (Å²) in [5, 5.41) is 0. The molecule has 0 aliphatic rings. The molecule has 1 aromatic carbocycles. The van der Waals surface area contributed by atoms with E-state index in [-0.39, 0.29) is 25.6 Å². The van der Waals surface area contributed by atoms with E-state index in [0.717, 1.165) is 10.5 Å². The number of rotatable bonds is 9. The number of benzene rings is 1. The predicted octanol–water partition coefficient (Wildman–Crippen LogP) is 2.14. The molecule has 6 heteroatoms. The van der Waals surface area contributed by atoms with Gasteiger partial charge in [0.1, 0.15) is 6.61 Å². The molecule has 0 aliphatic carbocycles. The Morgan fingerprint density at radius 1 is 1.09 bits per heavy atom. The van der Waals surface area contributed by atoms with E-state index in [1.165, 1.54) is 0 Å². The van der Waals surface area contributed by atoms with E-state index in [1.54, 1.807) is 14.0 Å². The third kappa shape index (κ3) is 6.80. The summed E-state index contributed by atoms with van der Waals surface area (Å²) in [5.41, 5.74) is 0.889. The molecule has 0 radical (unpaired) electrons. The number of hydrogen-bond donors (Lipinski definition) is 0. The van der Waals surface area contributed by atoms with Crippen LogP contribution in [0, 0.1) is 0 Å². The number of carbonyl (C=O) groups is 2. The lowest BCUT2D eigenvalue weighted by molar-refractivity contribution is -0.130. The summed E-state index contributed by atoms with van der Waals surface area (Å²) in [6.07, 6.45) is -0.607. The van der Waals surface area contributed by atoms with Gasteiger partial charge in [0.05, 0.1) is 13.2 Å². The number of likely N-dealkylation sites (N-methyl/N-ethyl adjacent to an activating group) is 2. The summed E-state index contributed by atoms with van der Waals surface area (Å²) in [7, 11) is 1.62. The number of carbonyl (C=O) groups excluding carboxylic acids is 2. The second-order valence-corrected chi connectivity index (χ2v) is 5.04. The number of methoxy groups -OCH3 is 1. The van der Waals surface area contributed by atoms with Gasteiger partial charge in [0.15, 0.2) is 0 Å². The van der Waals surface area contributed by atoms with Gasteiger partial charge in [-0.05, 0) is 19.0 Å². The third-order valence-corrected chi connectivity index (χ3v) is 3.46. The van der Waals surface area contributed by atoms with Crippen LogP contribution in [0.5, 0.6) is 0 Å². The fourth-order valence-corrected chi connectivity index (χ4v) is 2.05. The van der Waals surface area contributed by atoms with Crippen LogP contribution in [0.3, 0.4) is 0 Å². The van der Waals surface area contributed by atoms with E-state index >= 15 is 0 Å². The molecule has 1 aromatic rings. The van der Waals surface area contributed by atoms with Gasteiger partial charge in [-0.2, -0.15) is 0 Å². The Morgan fingerprint density at radius 2 is 1.78 bits per heavy atom. The molecular formula is C17H26N2O4. The Labute approximate surface area is 138 Å². The van der Waals surface area contributed by atoms with Crippen LogP contribution in [0.25, 0.3) is 0 Å². The van der Waals surface area contributed by atoms with Crippen molar-refractivity contribution in [3.05, 3.63) is 35.9 Å². The summed E-state index contributed by atoms with van der Waals surface area (Å²) in [6.45, 7) is 6.25. The highest BCUT2D eigenvalue weighted by Gasteiger charge is 2.22. The monoisotopic (exact) mass is 322 g/mol. The first-order valence-corrected chi connectivity index (χ1v) is 7.84. The van der Waals surface area contributed by atoms with Crippen molar-refractivity contribution >= 4 is 12.0 Å². The summed E-state index contributed by atoms with van der Waals surface area (Å²) in [4.78, 5) is 27.5. The quantitative estimate of drug-likeness (QED) is 0.697. The molecule has 0 aromatic heterocycles. The van der Waals surface area contributed by atoms with E-state index in [2.05, 4.69) is 0 Å². The van der Waals surface area contributed by atoms with Gasteiger partial charge in [0.25, 0.3) is 0 Å². The van der Waals surface area contributed by atoms with E-state index in [0.29, 0.717) is 19.7 Å². The van der Waals surface area contributed by atoms with E-state index in [9.17, 15) is 9.59 Å². The van der Waals surface area contributed by atoms with Crippen molar-refractivity contribution in [1.29, 1.82) is 0 Å². The molecule has 0 saturated heterocycles. The zero-order valence-corrected chi connectivity index (χ0v) is 14.2. The molecule has 1 rings (SSSR count). The maximum absolute atomic E-state index is 12.3. The van der Waals surface area contributed by atoms with E-state index < -0.39 is 6.09 Å². The summed E-state index contributed by atoms with van der Waals surface area (Å²) < 4.78 is 10.2. The van der Waals surface area contributed by atoms with Gasteiger partial charge in [-0.1, -0.05) is 37.3 Å². The Hall–Kier alpha value is -1.92. The van der Waals surface area contributed by atoms with Gasteiger partial charge in [0, 0.05) is 20.2 Å². The predicted molar refractivity (Wildman–Crippen MR) is 88.0 cm³/mol. The molecule has 0 spiro atoms. The van der Waals surface area contributed by atoms with Crippen molar-refractivity contribution in [3.63, 3.8) is 0 Å². The van der Waals surface area contributed by atoms with Crippen LogP contribution >= 0.6 is 0 Å². The summed E-state index contributed by atoms with van der Waals surface area (Å²) in [6, 6.07) is 9.39. The average molecular weight is 322 g/mol. The molecule has 6 nitrogen and oxygen atoms in total. The molecule has 0 aliphatic heterocycles. The molecule has 2 amide bonds. The minimum atomic E-state index is -0.607. The first-order valence-electron chi connectivity index (χ1n) is 7.84. The summed E-state index contributed by atoms with van der Waals surface area (Å²) >= 11 is 0. The Morgan fingerprint density at radius 3 is 2.35 bits per heavy atom. The molecule has 0 bridgehead atoms. The van der Waals surface area contributed by atoms with Crippen molar-refractivity contribution < 1.29 is 19.1 Å². The highest BCUT2D eigenvalue weighted by molar-refractivity contribution is 5.93. The second kappa shape index (κ2) is 10.7. The molecule has 0 N–H and O–H groups in total. The van der Waals surface area contributed by atoms with Gasteiger partial charge in [-0.15, -0.1) is 0 Å².